The Kier molecular flexibility index (Phi) is 3.95. The van der Waals surface area contributed by atoms with E-state index in [2.05, 4.69) is 20.2 Å². The van der Waals surface area contributed by atoms with Gasteiger partial charge in [0.05, 0.1) is 11.3 Å². The molecule has 0 unspecified atom stereocenters. The summed E-state index contributed by atoms with van der Waals surface area (Å²) in [6, 6.07) is 3.87. The van der Waals surface area contributed by atoms with Crippen LogP contribution in [0.15, 0.2) is 35.6 Å². The Morgan fingerprint density at radius 2 is 1.93 bits per heavy atom. The van der Waals surface area contributed by atoms with Crippen molar-refractivity contribution >= 4 is 21.1 Å². The van der Waals surface area contributed by atoms with Crippen molar-refractivity contribution in [3.63, 3.8) is 0 Å². The molecule has 0 radical (unpaired) electrons. The Hall–Kier alpha value is -3.02. The molecule has 0 bridgehead atoms. The summed E-state index contributed by atoms with van der Waals surface area (Å²) in [6.07, 6.45) is -0.223. The van der Waals surface area contributed by atoms with Gasteiger partial charge in [-0.15, -0.1) is 5.10 Å². The molecule has 0 spiro atoms. The lowest BCUT2D eigenvalue weighted by Crippen LogP contribution is -2.07. The number of sulfone groups is 1. The summed E-state index contributed by atoms with van der Waals surface area (Å²) < 4.78 is 67.1. The Balaban J connectivity index is 1.79. The van der Waals surface area contributed by atoms with Gasteiger partial charge in [0.1, 0.15) is 5.56 Å². The number of pyridine rings is 1. The Bertz CT molecular complexity index is 1400. The van der Waals surface area contributed by atoms with E-state index >= 15 is 0 Å². The average molecular weight is 436 g/mol. The van der Waals surface area contributed by atoms with Crippen molar-refractivity contribution in [2.24, 2.45) is 0 Å². The summed E-state index contributed by atoms with van der Waals surface area (Å²) in [5.41, 5.74) is 0.453. The van der Waals surface area contributed by atoms with E-state index < -0.39 is 21.6 Å². The highest BCUT2D eigenvalue weighted by Gasteiger charge is 2.34. The SMILES string of the molecule is CCS(=O)(=O)c1nn2c(C3CC3)ccnc2c1-c1nc2ccc(C(F)(F)F)cn2n1. The number of hydrogen-bond acceptors (Lipinski definition) is 6. The second-order valence-electron chi connectivity index (χ2n) is 7.12. The van der Waals surface area contributed by atoms with E-state index in [-0.39, 0.29) is 39.4 Å². The first kappa shape index (κ1) is 19.0. The highest BCUT2D eigenvalue weighted by molar-refractivity contribution is 7.91. The van der Waals surface area contributed by atoms with Gasteiger partial charge < -0.3 is 0 Å². The van der Waals surface area contributed by atoms with E-state index in [1.807, 2.05) is 0 Å². The molecule has 0 atom stereocenters. The quantitative estimate of drug-likeness (QED) is 0.488. The average Bonchev–Trinajstić information content (AvgIpc) is 3.33. The zero-order valence-corrected chi connectivity index (χ0v) is 16.4. The van der Waals surface area contributed by atoms with E-state index in [0.717, 1.165) is 35.3 Å². The van der Waals surface area contributed by atoms with E-state index in [9.17, 15) is 21.6 Å². The zero-order valence-electron chi connectivity index (χ0n) is 15.6. The number of nitrogens with zero attached hydrogens (tertiary/aromatic N) is 6. The number of rotatable bonds is 4. The van der Waals surface area contributed by atoms with Gasteiger partial charge in [0.2, 0.25) is 0 Å². The molecule has 12 heteroatoms. The van der Waals surface area contributed by atoms with Crippen LogP contribution in [0.25, 0.3) is 22.7 Å². The molecule has 4 aromatic rings. The second kappa shape index (κ2) is 6.24. The third-order valence-electron chi connectivity index (χ3n) is 5.07. The lowest BCUT2D eigenvalue weighted by molar-refractivity contribution is -0.137. The van der Waals surface area contributed by atoms with Gasteiger partial charge in [-0.3, -0.25) is 0 Å². The fourth-order valence-electron chi connectivity index (χ4n) is 3.34. The van der Waals surface area contributed by atoms with Crippen molar-refractivity contribution in [3.05, 3.63) is 41.9 Å². The molecule has 0 aliphatic heterocycles. The fraction of sp³-hybridized carbons (Fsp3) is 0.333. The molecule has 4 aromatic heterocycles. The van der Waals surface area contributed by atoms with Gasteiger partial charge in [0, 0.05) is 24.0 Å². The van der Waals surface area contributed by atoms with Gasteiger partial charge in [-0.2, -0.15) is 18.3 Å². The fourth-order valence-corrected chi connectivity index (χ4v) is 4.31. The van der Waals surface area contributed by atoms with Crippen molar-refractivity contribution in [1.29, 1.82) is 0 Å². The largest absolute Gasteiger partial charge is 0.417 e. The molecular formula is C18H15F3N6O2S. The minimum absolute atomic E-state index is 0.0446. The predicted molar refractivity (Wildman–Crippen MR) is 99.7 cm³/mol. The summed E-state index contributed by atoms with van der Waals surface area (Å²) in [4.78, 5) is 8.54. The lowest BCUT2D eigenvalue weighted by atomic mass is 10.2. The lowest BCUT2D eigenvalue weighted by Gasteiger charge is -2.05. The third-order valence-corrected chi connectivity index (χ3v) is 6.70. The van der Waals surface area contributed by atoms with Crippen molar-refractivity contribution in [1.82, 2.24) is 29.2 Å². The topological polar surface area (TPSA) is 94.5 Å². The normalized spacial score (nSPS) is 15.3. The number of halogens is 3. The van der Waals surface area contributed by atoms with Crippen LogP contribution in [0.1, 0.15) is 36.9 Å². The molecule has 4 heterocycles. The standard InChI is InChI=1S/C18H15F3N6O2S/c1-2-30(28,29)17-14(16-22-8-7-12(10-3-4-10)27(16)25-17)15-23-13-6-5-11(18(19,20)21)9-26(13)24-15/h5-10H,2-4H2,1H3. The van der Waals surface area contributed by atoms with Gasteiger partial charge in [0.25, 0.3) is 0 Å². The molecule has 1 aliphatic rings. The first-order valence-electron chi connectivity index (χ1n) is 9.23. The van der Waals surface area contributed by atoms with Crippen molar-refractivity contribution < 1.29 is 21.6 Å². The molecule has 0 amide bonds. The molecule has 1 saturated carbocycles. The molecule has 8 nitrogen and oxygen atoms in total. The van der Waals surface area contributed by atoms with Crippen LogP contribution in [0.3, 0.4) is 0 Å². The minimum atomic E-state index is -4.54. The summed E-state index contributed by atoms with van der Waals surface area (Å²) >= 11 is 0. The summed E-state index contributed by atoms with van der Waals surface area (Å²) in [6.45, 7) is 1.49. The Labute approximate surface area is 168 Å². The maximum absolute atomic E-state index is 13.0. The molecule has 0 saturated heterocycles. The maximum atomic E-state index is 13.0. The molecular weight excluding hydrogens is 421 g/mol. The maximum Gasteiger partial charge on any atom is 0.417 e. The van der Waals surface area contributed by atoms with Gasteiger partial charge in [0.15, 0.2) is 32.0 Å². The van der Waals surface area contributed by atoms with Crippen LogP contribution in [0, 0.1) is 0 Å². The second-order valence-corrected chi connectivity index (χ2v) is 9.31. The zero-order chi connectivity index (χ0) is 21.3. The first-order chi connectivity index (χ1) is 14.2. The van der Waals surface area contributed by atoms with Gasteiger partial charge in [-0.25, -0.2) is 27.4 Å². The minimum Gasteiger partial charge on any atom is -0.236 e. The van der Waals surface area contributed by atoms with E-state index in [4.69, 9.17) is 0 Å². The number of aromatic nitrogens is 6. The van der Waals surface area contributed by atoms with Crippen molar-refractivity contribution in [3.8, 4) is 11.4 Å². The number of fused-ring (bicyclic) bond motifs is 2. The van der Waals surface area contributed by atoms with Crippen LogP contribution >= 0.6 is 0 Å². The molecule has 1 fully saturated rings. The molecule has 5 rings (SSSR count). The van der Waals surface area contributed by atoms with Gasteiger partial charge >= 0.3 is 6.18 Å². The third kappa shape index (κ3) is 2.93. The van der Waals surface area contributed by atoms with Crippen LogP contribution in [-0.2, 0) is 16.0 Å². The smallest absolute Gasteiger partial charge is 0.236 e. The van der Waals surface area contributed by atoms with Gasteiger partial charge in [-0.05, 0) is 31.0 Å². The van der Waals surface area contributed by atoms with Crippen LogP contribution in [0.4, 0.5) is 13.2 Å². The Morgan fingerprint density at radius 3 is 2.60 bits per heavy atom. The van der Waals surface area contributed by atoms with E-state index in [1.165, 1.54) is 17.5 Å². The van der Waals surface area contributed by atoms with Crippen LogP contribution in [0.5, 0.6) is 0 Å². The Morgan fingerprint density at radius 1 is 1.17 bits per heavy atom. The monoisotopic (exact) mass is 436 g/mol. The van der Waals surface area contributed by atoms with Crippen LogP contribution in [-0.4, -0.2) is 43.4 Å². The van der Waals surface area contributed by atoms with Crippen LogP contribution in [0.2, 0.25) is 0 Å². The highest BCUT2D eigenvalue weighted by atomic mass is 32.2. The molecule has 156 valence electrons. The van der Waals surface area contributed by atoms with Gasteiger partial charge in [-0.1, -0.05) is 6.92 Å². The predicted octanol–water partition coefficient (Wildman–Crippen LogP) is 3.13. The van der Waals surface area contributed by atoms with E-state index in [0.29, 0.717) is 0 Å². The van der Waals surface area contributed by atoms with Crippen LogP contribution < -0.4 is 0 Å². The molecule has 1 aliphatic carbocycles. The summed E-state index contributed by atoms with van der Waals surface area (Å²) in [7, 11) is -3.77. The molecule has 30 heavy (non-hydrogen) atoms. The van der Waals surface area contributed by atoms with Crippen molar-refractivity contribution in [2.45, 2.75) is 36.9 Å². The first-order valence-corrected chi connectivity index (χ1v) is 10.9. The number of hydrogen-bond donors (Lipinski definition) is 0. The van der Waals surface area contributed by atoms with Crippen molar-refractivity contribution in [2.75, 3.05) is 5.75 Å². The van der Waals surface area contributed by atoms with E-state index in [1.54, 1.807) is 12.3 Å². The molecule has 0 N–H and O–H groups in total. The molecule has 0 aromatic carbocycles. The summed E-state index contributed by atoms with van der Waals surface area (Å²) in [5.74, 6) is 0.0226. The number of alkyl halides is 3. The summed E-state index contributed by atoms with van der Waals surface area (Å²) in [5, 5.41) is 8.22. The highest BCUT2D eigenvalue weighted by Crippen LogP contribution is 2.41.